The van der Waals surface area contributed by atoms with Gasteiger partial charge in [0.2, 0.25) is 5.70 Å². The van der Waals surface area contributed by atoms with Gasteiger partial charge in [-0.25, -0.2) is 0 Å². The lowest BCUT2D eigenvalue weighted by Gasteiger charge is -1.94. The van der Waals surface area contributed by atoms with Gasteiger partial charge in [-0.1, -0.05) is 56.2 Å². The average Bonchev–Trinajstić information content (AvgIpc) is 2.57. The Labute approximate surface area is 146 Å². The monoisotopic (exact) mass is 332 g/mol. The van der Waals surface area contributed by atoms with Gasteiger partial charge in [0.15, 0.2) is 6.29 Å². The van der Waals surface area contributed by atoms with E-state index < -0.39 is 0 Å². The summed E-state index contributed by atoms with van der Waals surface area (Å²) in [6, 6.07) is 0. The molecule has 0 aromatic carbocycles. The van der Waals surface area contributed by atoms with E-state index in [4.69, 9.17) is 0 Å². The Morgan fingerprint density at radius 3 is 2.33 bits per heavy atom. The third-order valence-corrected chi connectivity index (χ3v) is 3.45. The van der Waals surface area contributed by atoms with Crippen LogP contribution in [-0.4, -0.2) is 11.2 Å². The minimum atomic E-state index is -0.328. The topological polar surface area (TPSA) is 60.2 Å². The summed E-state index contributed by atoms with van der Waals surface area (Å²) in [6.45, 7) is 2.20. The minimum absolute atomic E-state index is 0.216. The highest BCUT2D eigenvalue weighted by Gasteiger charge is 2.06. The fourth-order valence-corrected chi connectivity index (χ4v) is 2.05. The highest BCUT2D eigenvalue weighted by atomic mass is 16.6. The molecule has 1 radical (unpaired) electrons. The predicted molar refractivity (Wildman–Crippen MR) is 100 cm³/mol. The molecular weight excluding hydrogens is 302 g/mol. The van der Waals surface area contributed by atoms with Gasteiger partial charge in [-0.05, 0) is 44.6 Å². The largest absolute Gasteiger partial charge is 0.291 e. The number of hydrogen-bond acceptors (Lipinski definition) is 3. The summed E-state index contributed by atoms with van der Waals surface area (Å²) >= 11 is 0. The number of nitro groups is 1. The fourth-order valence-electron chi connectivity index (χ4n) is 2.05. The molecule has 4 nitrogen and oxygen atoms in total. The number of unbranched alkanes of at least 4 members (excludes halogenated alkanes) is 5. The standard InChI is InChI=1S/C20H30NO3/c1-2-3-4-5-6-7-8-9-11-14-17-20(21(23)24)18-15-12-10-13-16-19-22/h6-7,9,11-12,15,17H,2-5,8,10,13-14,16,18H2,1H3/b7-6-,11-9-,15-12-,20-17+. The van der Waals surface area contributed by atoms with Gasteiger partial charge in [0.05, 0.1) is 11.3 Å². The zero-order valence-electron chi connectivity index (χ0n) is 14.8. The van der Waals surface area contributed by atoms with Crippen LogP contribution in [0.25, 0.3) is 0 Å². The normalized spacial score (nSPS) is 12.6. The summed E-state index contributed by atoms with van der Waals surface area (Å²) in [7, 11) is 0. The Balaban J connectivity index is 4.00. The molecule has 24 heavy (non-hydrogen) atoms. The maximum atomic E-state index is 11.0. The van der Waals surface area contributed by atoms with E-state index in [0.29, 0.717) is 19.3 Å². The molecule has 0 atom stereocenters. The Morgan fingerprint density at radius 1 is 0.958 bits per heavy atom. The molecule has 133 valence electrons. The molecule has 0 aliphatic rings. The Bertz CT molecular complexity index is 448. The van der Waals surface area contributed by atoms with Crippen molar-refractivity contribution in [1.29, 1.82) is 0 Å². The Kier molecular flexibility index (Phi) is 16.0. The van der Waals surface area contributed by atoms with Crippen molar-refractivity contribution in [3.8, 4) is 0 Å². The summed E-state index contributed by atoms with van der Waals surface area (Å²) in [5.74, 6) is 0. The average molecular weight is 332 g/mol. The first-order chi connectivity index (χ1) is 11.7. The second-order valence-electron chi connectivity index (χ2n) is 5.57. The van der Waals surface area contributed by atoms with Crippen LogP contribution in [-0.2, 0) is 4.79 Å². The highest BCUT2D eigenvalue weighted by Crippen LogP contribution is 2.07. The molecule has 0 bridgehead atoms. The third kappa shape index (κ3) is 14.9. The van der Waals surface area contributed by atoms with Crippen LogP contribution in [0.1, 0.15) is 71.1 Å². The summed E-state index contributed by atoms with van der Waals surface area (Å²) in [4.78, 5) is 20.7. The van der Waals surface area contributed by atoms with Crippen molar-refractivity contribution >= 4 is 6.29 Å². The van der Waals surface area contributed by atoms with Crippen LogP contribution in [0, 0.1) is 10.1 Å². The Morgan fingerprint density at radius 2 is 1.62 bits per heavy atom. The molecule has 0 spiro atoms. The molecule has 0 aromatic heterocycles. The molecule has 0 aliphatic heterocycles. The molecule has 0 aromatic rings. The lowest BCUT2D eigenvalue weighted by Crippen LogP contribution is -1.97. The zero-order chi connectivity index (χ0) is 17.9. The van der Waals surface area contributed by atoms with E-state index in [9.17, 15) is 14.9 Å². The van der Waals surface area contributed by atoms with Gasteiger partial charge in [0, 0.05) is 6.42 Å². The Hall–Kier alpha value is -1.97. The molecule has 0 saturated heterocycles. The first-order valence-electron chi connectivity index (χ1n) is 8.85. The van der Waals surface area contributed by atoms with E-state index in [1.54, 1.807) is 12.2 Å². The van der Waals surface area contributed by atoms with E-state index in [-0.39, 0.29) is 10.6 Å². The molecule has 0 aliphatic carbocycles. The van der Waals surface area contributed by atoms with E-state index >= 15 is 0 Å². The van der Waals surface area contributed by atoms with Gasteiger partial charge < -0.3 is 0 Å². The molecule has 0 saturated carbocycles. The van der Waals surface area contributed by atoms with Gasteiger partial charge in [-0.15, -0.1) is 0 Å². The first kappa shape index (κ1) is 22.0. The number of rotatable bonds is 15. The van der Waals surface area contributed by atoms with E-state index in [2.05, 4.69) is 19.1 Å². The lowest BCUT2D eigenvalue weighted by molar-refractivity contribution is -0.427. The molecular formula is C20H30NO3. The predicted octanol–water partition coefficient (Wildman–Crippen LogP) is 5.85. The molecule has 0 heterocycles. The molecule has 0 fully saturated rings. The van der Waals surface area contributed by atoms with Crippen LogP contribution in [0.5, 0.6) is 0 Å². The van der Waals surface area contributed by atoms with Crippen LogP contribution in [0.2, 0.25) is 0 Å². The van der Waals surface area contributed by atoms with Crippen LogP contribution >= 0.6 is 0 Å². The summed E-state index contributed by atoms with van der Waals surface area (Å²) in [6.07, 6.45) is 24.1. The molecule has 0 rings (SSSR count). The number of nitrogens with zero attached hydrogens (tertiary/aromatic N) is 1. The van der Waals surface area contributed by atoms with Gasteiger partial charge in [0.1, 0.15) is 0 Å². The molecule has 0 unspecified atom stereocenters. The summed E-state index contributed by atoms with van der Waals surface area (Å²) in [5.41, 5.74) is 0.216. The second-order valence-corrected chi connectivity index (χ2v) is 5.57. The summed E-state index contributed by atoms with van der Waals surface area (Å²) < 4.78 is 0. The fraction of sp³-hybridized carbons (Fsp3) is 0.550. The molecule has 4 heteroatoms. The van der Waals surface area contributed by atoms with Crippen LogP contribution in [0.15, 0.2) is 48.2 Å². The number of hydrogen-bond donors (Lipinski definition) is 0. The maximum Gasteiger partial charge on any atom is 0.246 e. The van der Waals surface area contributed by atoms with Crippen molar-refractivity contribution in [2.45, 2.75) is 71.1 Å². The van der Waals surface area contributed by atoms with Crippen LogP contribution in [0.4, 0.5) is 0 Å². The van der Waals surface area contributed by atoms with E-state index in [0.717, 1.165) is 25.7 Å². The van der Waals surface area contributed by atoms with Crippen molar-refractivity contribution in [1.82, 2.24) is 0 Å². The second kappa shape index (κ2) is 17.4. The van der Waals surface area contributed by atoms with E-state index in [1.165, 1.54) is 19.3 Å². The summed E-state index contributed by atoms with van der Waals surface area (Å²) in [5, 5.41) is 11.0. The number of carbonyl (C=O) groups excluding carboxylic acids is 1. The third-order valence-electron chi connectivity index (χ3n) is 3.45. The van der Waals surface area contributed by atoms with Crippen LogP contribution in [0.3, 0.4) is 0 Å². The van der Waals surface area contributed by atoms with Gasteiger partial charge in [-0.3, -0.25) is 14.9 Å². The zero-order valence-corrected chi connectivity index (χ0v) is 14.8. The maximum absolute atomic E-state index is 11.0. The lowest BCUT2D eigenvalue weighted by atomic mass is 10.2. The van der Waals surface area contributed by atoms with Gasteiger partial charge in [-0.2, -0.15) is 0 Å². The SMILES string of the molecule is CCCCC/C=C\C/C=C\C/C=C(\C/C=C\CCC[C]=O)[N+](=O)[O-]. The van der Waals surface area contributed by atoms with Gasteiger partial charge >= 0.3 is 0 Å². The van der Waals surface area contributed by atoms with Crippen molar-refractivity contribution in [2.75, 3.05) is 0 Å². The van der Waals surface area contributed by atoms with Crippen molar-refractivity contribution in [3.63, 3.8) is 0 Å². The molecule has 0 N–H and O–H groups in total. The van der Waals surface area contributed by atoms with Gasteiger partial charge in [0.25, 0.3) is 0 Å². The van der Waals surface area contributed by atoms with Crippen LogP contribution < -0.4 is 0 Å². The molecule has 0 amide bonds. The van der Waals surface area contributed by atoms with Crippen molar-refractivity contribution in [2.24, 2.45) is 0 Å². The quantitative estimate of drug-likeness (QED) is 0.164. The highest BCUT2D eigenvalue weighted by molar-refractivity contribution is 5.50. The first-order valence-corrected chi connectivity index (χ1v) is 8.85. The van der Waals surface area contributed by atoms with E-state index in [1.807, 2.05) is 24.5 Å². The number of allylic oxidation sites excluding steroid dienone is 7. The minimum Gasteiger partial charge on any atom is -0.291 e. The van der Waals surface area contributed by atoms with Crippen molar-refractivity contribution in [3.05, 3.63) is 58.3 Å². The smallest absolute Gasteiger partial charge is 0.246 e. The van der Waals surface area contributed by atoms with Crippen molar-refractivity contribution < 1.29 is 9.72 Å².